The summed E-state index contributed by atoms with van der Waals surface area (Å²) in [7, 11) is 1.38. The molecule has 4 heterocycles. The van der Waals surface area contributed by atoms with Crippen molar-refractivity contribution >= 4 is 55.4 Å². The highest BCUT2D eigenvalue weighted by molar-refractivity contribution is 6.39. The van der Waals surface area contributed by atoms with Gasteiger partial charge in [0, 0.05) is 34.2 Å². The number of para-hydroxylation sites is 2. The summed E-state index contributed by atoms with van der Waals surface area (Å²) in [5.74, 6) is -0.973. The predicted molar refractivity (Wildman–Crippen MR) is 134 cm³/mol. The quantitative estimate of drug-likeness (QED) is 0.238. The maximum Gasteiger partial charge on any atom is 0.259 e. The van der Waals surface area contributed by atoms with E-state index in [2.05, 4.69) is 10.3 Å². The SMILES string of the molecule is CO[C@@H]1[C@@H](O)[C@H](O)[C@@H](n2c3ccccc3c3c4c(c5c6ccccc6[nH]c5c32)C(=O)NC4=O)O[C@H]1CO. The number of imide groups is 1. The van der Waals surface area contributed by atoms with Crippen LogP contribution in [-0.2, 0) is 9.47 Å². The standard InChI is InChI=1S/C27H23N3O7/c1-36-24-15(10-31)37-27(23(33)22(24)32)30-14-9-5-3-7-12(14)17-19-18(25(34)29-26(19)35)16-11-6-2-4-8-13(11)28-20(16)21(17)30/h2-9,15,22-24,27-28,31-33H,10H2,1H3,(H,29,34,35)/t15-,22-,23-,24-,27-/m0/s1. The summed E-state index contributed by atoms with van der Waals surface area (Å²) in [6.45, 7) is -0.440. The second-order valence-corrected chi connectivity index (χ2v) is 9.49. The van der Waals surface area contributed by atoms with E-state index in [1.165, 1.54) is 7.11 Å². The monoisotopic (exact) mass is 501 g/mol. The number of rotatable bonds is 3. The number of H-pyrrole nitrogens is 1. The first-order valence-corrected chi connectivity index (χ1v) is 12.0. The van der Waals surface area contributed by atoms with E-state index in [-0.39, 0.29) is 5.56 Å². The lowest BCUT2D eigenvalue weighted by Gasteiger charge is -2.42. The number of hydrogen-bond acceptors (Lipinski definition) is 7. The number of aromatic amines is 1. The van der Waals surface area contributed by atoms with Gasteiger partial charge in [-0.3, -0.25) is 14.9 Å². The zero-order valence-corrected chi connectivity index (χ0v) is 19.6. The minimum atomic E-state index is -1.42. The molecule has 5 N–H and O–H groups in total. The molecule has 5 atom stereocenters. The topological polar surface area (TPSA) is 146 Å². The Labute approximate surface area is 209 Å². The Morgan fingerprint density at radius 3 is 2.35 bits per heavy atom. The van der Waals surface area contributed by atoms with E-state index in [0.717, 1.165) is 10.9 Å². The second kappa shape index (κ2) is 7.85. The summed E-state index contributed by atoms with van der Waals surface area (Å²) in [5.41, 5.74) is 3.09. The number of aromatic nitrogens is 2. The van der Waals surface area contributed by atoms with Gasteiger partial charge >= 0.3 is 0 Å². The van der Waals surface area contributed by atoms with Gasteiger partial charge in [-0.1, -0.05) is 36.4 Å². The molecule has 1 saturated heterocycles. The number of methoxy groups -OCH3 is 1. The number of carbonyl (C=O) groups excluding carboxylic acids is 2. The molecule has 0 bridgehead atoms. The minimum absolute atomic E-state index is 0.256. The molecule has 0 spiro atoms. The molecular weight excluding hydrogens is 478 g/mol. The molecule has 0 aliphatic carbocycles. The summed E-state index contributed by atoms with van der Waals surface area (Å²) >= 11 is 0. The molecule has 0 unspecified atom stereocenters. The van der Waals surface area contributed by atoms with E-state index in [1.807, 2.05) is 48.5 Å². The van der Waals surface area contributed by atoms with E-state index in [1.54, 1.807) is 4.57 Å². The zero-order chi connectivity index (χ0) is 25.6. The van der Waals surface area contributed by atoms with Gasteiger partial charge in [-0.25, -0.2) is 0 Å². The third kappa shape index (κ3) is 2.81. The molecule has 3 aromatic carbocycles. The number of ether oxygens (including phenoxy) is 2. The Balaban J connectivity index is 1.67. The second-order valence-electron chi connectivity index (χ2n) is 9.49. The molecule has 2 aliphatic heterocycles. The molecular formula is C27H23N3O7. The number of amides is 2. The van der Waals surface area contributed by atoms with Gasteiger partial charge in [-0.2, -0.15) is 0 Å². The van der Waals surface area contributed by atoms with Crippen LogP contribution in [-0.4, -0.2) is 74.8 Å². The van der Waals surface area contributed by atoms with E-state index in [4.69, 9.17) is 9.47 Å². The Hall–Kier alpha value is -3.80. The molecule has 5 aromatic rings. The molecule has 2 amide bonds. The number of carbonyl (C=O) groups is 2. The first-order valence-electron chi connectivity index (χ1n) is 12.0. The van der Waals surface area contributed by atoms with Crippen molar-refractivity contribution in [3.63, 3.8) is 0 Å². The summed E-state index contributed by atoms with van der Waals surface area (Å²) in [6.07, 6.45) is -5.76. The van der Waals surface area contributed by atoms with Crippen molar-refractivity contribution in [2.75, 3.05) is 13.7 Å². The number of hydrogen-bond donors (Lipinski definition) is 5. The maximum atomic E-state index is 13.2. The van der Waals surface area contributed by atoms with E-state index < -0.39 is 49.1 Å². The number of aliphatic hydroxyl groups is 3. The number of nitrogens with zero attached hydrogens (tertiary/aromatic N) is 1. The molecule has 0 radical (unpaired) electrons. The van der Waals surface area contributed by atoms with Gasteiger partial charge < -0.3 is 34.3 Å². The lowest BCUT2D eigenvalue weighted by molar-refractivity contribution is -0.255. The molecule has 10 nitrogen and oxygen atoms in total. The van der Waals surface area contributed by atoms with Crippen LogP contribution in [0.5, 0.6) is 0 Å². The van der Waals surface area contributed by atoms with Crippen LogP contribution in [0.3, 0.4) is 0 Å². The molecule has 2 aliphatic rings. The maximum absolute atomic E-state index is 13.2. The van der Waals surface area contributed by atoms with Crippen LogP contribution in [0.15, 0.2) is 48.5 Å². The highest BCUT2D eigenvalue weighted by Gasteiger charge is 2.47. The number of fused-ring (bicyclic) bond motifs is 10. The minimum Gasteiger partial charge on any atom is -0.394 e. The highest BCUT2D eigenvalue weighted by Crippen LogP contribution is 2.46. The van der Waals surface area contributed by atoms with Crippen molar-refractivity contribution in [1.82, 2.24) is 14.9 Å². The van der Waals surface area contributed by atoms with Crippen molar-refractivity contribution in [3.8, 4) is 0 Å². The third-order valence-corrected chi connectivity index (χ3v) is 7.65. The fraction of sp³-hybridized carbons (Fsp3) is 0.259. The van der Waals surface area contributed by atoms with Crippen molar-refractivity contribution in [1.29, 1.82) is 0 Å². The summed E-state index contributed by atoms with van der Waals surface area (Å²) < 4.78 is 13.2. The lowest BCUT2D eigenvalue weighted by atomic mass is 9.96. The largest absolute Gasteiger partial charge is 0.394 e. The van der Waals surface area contributed by atoms with Crippen LogP contribution < -0.4 is 5.32 Å². The van der Waals surface area contributed by atoms with Crippen LogP contribution in [0.4, 0.5) is 0 Å². The van der Waals surface area contributed by atoms with Crippen molar-refractivity contribution in [2.45, 2.75) is 30.6 Å². The molecule has 1 fully saturated rings. The van der Waals surface area contributed by atoms with Crippen LogP contribution in [0.25, 0.3) is 43.6 Å². The van der Waals surface area contributed by atoms with E-state index in [0.29, 0.717) is 38.3 Å². The smallest absolute Gasteiger partial charge is 0.259 e. The summed E-state index contributed by atoms with van der Waals surface area (Å²) in [6, 6.07) is 14.8. The van der Waals surface area contributed by atoms with Gasteiger partial charge in [0.1, 0.15) is 24.4 Å². The van der Waals surface area contributed by atoms with Crippen molar-refractivity contribution in [3.05, 3.63) is 59.7 Å². The Morgan fingerprint density at radius 2 is 1.62 bits per heavy atom. The van der Waals surface area contributed by atoms with Crippen LogP contribution in [0.2, 0.25) is 0 Å². The highest BCUT2D eigenvalue weighted by atomic mass is 16.6. The molecule has 7 rings (SSSR count). The fourth-order valence-corrected chi connectivity index (χ4v) is 6.11. The summed E-state index contributed by atoms with van der Waals surface area (Å²) in [5, 5.41) is 37.2. The lowest BCUT2D eigenvalue weighted by Crippen LogP contribution is -2.57. The molecule has 37 heavy (non-hydrogen) atoms. The number of benzene rings is 3. The van der Waals surface area contributed by atoms with Crippen molar-refractivity contribution < 1.29 is 34.4 Å². The van der Waals surface area contributed by atoms with Crippen LogP contribution >= 0.6 is 0 Å². The fourth-order valence-electron chi connectivity index (χ4n) is 6.11. The average Bonchev–Trinajstić information content (AvgIpc) is 3.54. The van der Waals surface area contributed by atoms with E-state index in [9.17, 15) is 24.9 Å². The van der Waals surface area contributed by atoms with Crippen LogP contribution in [0, 0.1) is 0 Å². The Bertz CT molecular complexity index is 1770. The normalized spacial score (nSPS) is 26.0. The van der Waals surface area contributed by atoms with Gasteiger partial charge in [-0.15, -0.1) is 0 Å². The molecule has 10 heteroatoms. The van der Waals surface area contributed by atoms with Gasteiger partial charge in [0.2, 0.25) is 0 Å². The van der Waals surface area contributed by atoms with Crippen LogP contribution in [0.1, 0.15) is 26.9 Å². The predicted octanol–water partition coefficient (Wildman–Crippen LogP) is 1.94. The first-order chi connectivity index (χ1) is 18.0. The summed E-state index contributed by atoms with van der Waals surface area (Å²) in [4.78, 5) is 29.7. The molecule has 2 aromatic heterocycles. The van der Waals surface area contributed by atoms with Crippen molar-refractivity contribution in [2.24, 2.45) is 0 Å². The number of nitrogens with one attached hydrogen (secondary N) is 2. The van der Waals surface area contributed by atoms with Gasteiger partial charge in [-0.05, 0) is 12.1 Å². The molecule has 0 saturated carbocycles. The Kier molecular flexibility index (Phi) is 4.75. The average molecular weight is 501 g/mol. The van der Waals surface area contributed by atoms with E-state index >= 15 is 0 Å². The van der Waals surface area contributed by atoms with Gasteiger partial charge in [0.05, 0.1) is 34.3 Å². The van der Waals surface area contributed by atoms with Gasteiger partial charge in [0.25, 0.3) is 11.8 Å². The Morgan fingerprint density at radius 1 is 0.946 bits per heavy atom. The molecule has 188 valence electrons. The number of aliphatic hydroxyl groups excluding tert-OH is 3. The van der Waals surface area contributed by atoms with Gasteiger partial charge in [0.15, 0.2) is 6.23 Å². The third-order valence-electron chi connectivity index (χ3n) is 7.65. The zero-order valence-electron chi connectivity index (χ0n) is 19.6. The first kappa shape index (κ1) is 22.4.